The van der Waals surface area contributed by atoms with Gasteiger partial charge in [0.25, 0.3) is 5.91 Å². The van der Waals surface area contributed by atoms with Crippen LogP contribution in [0.5, 0.6) is 0 Å². The monoisotopic (exact) mass is 347 g/mol. The van der Waals surface area contributed by atoms with E-state index in [-0.39, 0.29) is 12.0 Å². The fourth-order valence-corrected chi connectivity index (χ4v) is 3.56. The van der Waals surface area contributed by atoms with E-state index in [4.69, 9.17) is 9.47 Å². The molecule has 0 bridgehead atoms. The molecular formula is C16H21N5O4. The van der Waals surface area contributed by atoms with E-state index in [1.807, 2.05) is 4.90 Å². The molecule has 3 saturated heterocycles. The normalized spacial score (nSPS) is 26.4. The highest BCUT2D eigenvalue weighted by molar-refractivity contribution is 5.94. The molecule has 9 nitrogen and oxygen atoms in total. The molecule has 1 spiro atoms. The molecule has 25 heavy (non-hydrogen) atoms. The van der Waals surface area contributed by atoms with E-state index in [2.05, 4.69) is 9.97 Å². The minimum atomic E-state index is -0.573. The minimum Gasteiger partial charge on any atom is -0.439 e. The number of likely N-dealkylation sites (N-methyl/N-ethyl adjacent to an activating group) is 1. The lowest BCUT2D eigenvalue weighted by Crippen LogP contribution is -2.39. The van der Waals surface area contributed by atoms with Crippen LogP contribution in [0.1, 0.15) is 16.8 Å². The number of likely N-dealkylation sites (tertiary alicyclic amines) is 1. The molecule has 0 aromatic carbocycles. The molecule has 1 aromatic heterocycles. The molecule has 1 aromatic rings. The van der Waals surface area contributed by atoms with Crippen molar-refractivity contribution in [1.29, 1.82) is 0 Å². The molecule has 0 unspecified atom stereocenters. The molecule has 0 N–H and O–H groups in total. The van der Waals surface area contributed by atoms with Crippen molar-refractivity contribution in [2.45, 2.75) is 12.0 Å². The molecule has 3 aliphatic heterocycles. The van der Waals surface area contributed by atoms with E-state index in [0.29, 0.717) is 50.8 Å². The number of amides is 2. The Hall–Kier alpha value is -2.42. The molecule has 3 aliphatic rings. The number of morpholine rings is 1. The van der Waals surface area contributed by atoms with Crippen LogP contribution in [0.25, 0.3) is 0 Å². The average Bonchev–Trinajstić information content (AvgIpc) is 3.17. The Morgan fingerprint density at radius 2 is 1.88 bits per heavy atom. The van der Waals surface area contributed by atoms with Crippen molar-refractivity contribution in [3.63, 3.8) is 0 Å². The topological polar surface area (TPSA) is 88.1 Å². The number of hydrogen-bond acceptors (Lipinski definition) is 7. The van der Waals surface area contributed by atoms with Gasteiger partial charge in [0, 0.05) is 45.5 Å². The lowest BCUT2D eigenvalue weighted by atomic mass is 10.0. The van der Waals surface area contributed by atoms with Crippen molar-refractivity contribution in [1.82, 2.24) is 19.8 Å². The maximum absolute atomic E-state index is 12.7. The number of carbonyl (C=O) groups excluding carboxylic acids is 2. The summed E-state index contributed by atoms with van der Waals surface area (Å²) in [6.45, 7) is 4.31. The zero-order valence-electron chi connectivity index (χ0n) is 14.2. The smallest absolute Gasteiger partial charge is 0.410 e. The first-order chi connectivity index (χ1) is 12.1. The Bertz CT molecular complexity index is 676. The van der Waals surface area contributed by atoms with Crippen molar-refractivity contribution in [2.24, 2.45) is 0 Å². The fraction of sp³-hybridized carbons (Fsp3) is 0.625. The third-order valence-corrected chi connectivity index (χ3v) is 4.92. The summed E-state index contributed by atoms with van der Waals surface area (Å²) in [6, 6.07) is 0. The molecule has 9 heteroatoms. The fourth-order valence-electron chi connectivity index (χ4n) is 3.56. The first-order valence-corrected chi connectivity index (χ1v) is 8.44. The number of aromatic nitrogens is 2. The van der Waals surface area contributed by atoms with Gasteiger partial charge in [-0.3, -0.25) is 4.79 Å². The van der Waals surface area contributed by atoms with E-state index in [1.165, 1.54) is 0 Å². The van der Waals surface area contributed by atoms with Gasteiger partial charge in [-0.25, -0.2) is 14.8 Å². The Balaban J connectivity index is 1.42. The Morgan fingerprint density at radius 3 is 2.52 bits per heavy atom. The van der Waals surface area contributed by atoms with Crippen LogP contribution in [0.2, 0.25) is 0 Å². The van der Waals surface area contributed by atoms with Crippen molar-refractivity contribution < 1.29 is 19.1 Å². The zero-order valence-corrected chi connectivity index (χ0v) is 14.2. The Morgan fingerprint density at radius 1 is 1.16 bits per heavy atom. The number of hydrogen-bond donors (Lipinski definition) is 0. The van der Waals surface area contributed by atoms with Crippen molar-refractivity contribution in [3.8, 4) is 0 Å². The van der Waals surface area contributed by atoms with Crippen LogP contribution in [-0.4, -0.2) is 90.4 Å². The SMILES string of the molecule is CN1C[C@@]2(CCN(C(=O)c3cnc(N4CCOCC4)nc3)C2)OC1=O. The third-order valence-electron chi connectivity index (χ3n) is 4.92. The van der Waals surface area contributed by atoms with Gasteiger partial charge in [0.15, 0.2) is 5.60 Å². The molecule has 2 amide bonds. The van der Waals surface area contributed by atoms with Gasteiger partial charge < -0.3 is 24.2 Å². The molecule has 4 rings (SSSR count). The first kappa shape index (κ1) is 16.1. The van der Waals surface area contributed by atoms with E-state index in [1.54, 1.807) is 29.2 Å². The van der Waals surface area contributed by atoms with Gasteiger partial charge in [0.2, 0.25) is 5.95 Å². The number of nitrogens with zero attached hydrogens (tertiary/aromatic N) is 5. The van der Waals surface area contributed by atoms with Crippen LogP contribution in [0.3, 0.4) is 0 Å². The van der Waals surface area contributed by atoms with Crippen LogP contribution in [-0.2, 0) is 9.47 Å². The van der Waals surface area contributed by atoms with E-state index < -0.39 is 5.60 Å². The van der Waals surface area contributed by atoms with E-state index >= 15 is 0 Å². The third kappa shape index (κ3) is 2.99. The van der Waals surface area contributed by atoms with Gasteiger partial charge in [-0.2, -0.15) is 0 Å². The van der Waals surface area contributed by atoms with Gasteiger partial charge in [0.1, 0.15) is 0 Å². The van der Waals surface area contributed by atoms with E-state index in [9.17, 15) is 9.59 Å². The van der Waals surface area contributed by atoms with Gasteiger partial charge in [0.05, 0.1) is 31.9 Å². The molecule has 134 valence electrons. The number of carbonyl (C=O) groups is 2. The van der Waals surface area contributed by atoms with E-state index in [0.717, 1.165) is 13.1 Å². The molecular weight excluding hydrogens is 326 g/mol. The van der Waals surface area contributed by atoms with Crippen molar-refractivity contribution in [2.75, 3.05) is 57.9 Å². The summed E-state index contributed by atoms with van der Waals surface area (Å²) in [5, 5.41) is 0. The second-order valence-electron chi connectivity index (χ2n) is 6.75. The van der Waals surface area contributed by atoms with Crippen LogP contribution in [0.15, 0.2) is 12.4 Å². The average molecular weight is 347 g/mol. The van der Waals surface area contributed by atoms with Gasteiger partial charge in [-0.1, -0.05) is 0 Å². The summed E-state index contributed by atoms with van der Waals surface area (Å²) >= 11 is 0. The highest BCUT2D eigenvalue weighted by Crippen LogP contribution is 2.32. The molecule has 0 radical (unpaired) electrons. The summed E-state index contributed by atoms with van der Waals surface area (Å²) in [5.41, 5.74) is -0.123. The van der Waals surface area contributed by atoms with Crippen molar-refractivity contribution >= 4 is 17.9 Å². The van der Waals surface area contributed by atoms with Crippen LogP contribution < -0.4 is 4.90 Å². The molecule has 0 aliphatic carbocycles. The number of ether oxygens (including phenoxy) is 2. The maximum atomic E-state index is 12.7. The standard InChI is InChI=1S/C16H21N5O4/c1-19-10-16(25-15(19)23)2-3-21(11-16)13(22)12-8-17-14(18-9-12)20-4-6-24-7-5-20/h8-9H,2-7,10-11H2,1H3/t16-/m1/s1. The second-order valence-corrected chi connectivity index (χ2v) is 6.75. The number of rotatable bonds is 2. The van der Waals surface area contributed by atoms with Gasteiger partial charge in [-0.05, 0) is 0 Å². The predicted molar refractivity (Wildman–Crippen MR) is 87.4 cm³/mol. The summed E-state index contributed by atoms with van der Waals surface area (Å²) in [7, 11) is 1.71. The Kier molecular flexibility index (Phi) is 3.95. The highest BCUT2D eigenvalue weighted by Gasteiger charge is 2.49. The summed E-state index contributed by atoms with van der Waals surface area (Å²) in [4.78, 5) is 38.3. The van der Waals surface area contributed by atoms with Crippen LogP contribution in [0.4, 0.5) is 10.7 Å². The highest BCUT2D eigenvalue weighted by atomic mass is 16.6. The maximum Gasteiger partial charge on any atom is 0.410 e. The molecule has 4 heterocycles. The van der Waals surface area contributed by atoms with Gasteiger partial charge >= 0.3 is 6.09 Å². The van der Waals surface area contributed by atoms with Crippen LogP contribution >= 0.6 is 0 Å². The lowest BCUT2D eigenvalue weighted by Gasteiger charge is -2.26. The summed E-state index contributed by atoms with van der Waals surface area (Å²) < 4.78 is 10.8. The van der Waals surface area contributed by atoms with Crippen molar-refractivity contribution in [3.05, 3.63) is 18.0 Å². The lowest BCUT2D eigenvalue weighted by molar-refractivity contribution is 0.0552. The molecule has 3 fully saturated rings. The first-order valence-electron chi connectivity index (χ1n) is 8.44. The largest absolute Gasteiger partial charge is 0.439 e. The van der Waals surface area contributed by atoms with Gasteiger partial charge in [-0.15, -0.1) is 0 Å². The minimum absolute atomic E-state index is 0.129. The second kappa shape index (κ2) is 6.14. The molecule has 0 saturated carbocycles. The van der Waals surface area contributed by atoms with Crippen LogP contribution in [0, 0.1) is 0 Å². The zero-order chi connectivity index (χ0) is 17.4. The predicted octanol–water partition coefficient (Wildman–Crippen LogP) is -0.0201. The summed E-state index contributed by atoms with van der Waals surface area (Å²) in [5.74, 6) is 0.486. The quantitative estimate of drug-likeness (QED) is 0.743. The summed E-state index contributed by atoms with van der Waals surface area (Å²) in [6.07, 6.45) is 3.46. The number of anilines is 1. The Labute approximate surface area is 145 Å². The molecule has 1 atom stereocenters.